The van der Waals surface area contributed by atoms with Gasteiger partial charge in [-0.3, -0.25) is 0 Å². The molecule has 64 valence electrons. The van der Waals surface area contributed by atoms with Crippen molar-refractivity contribution in [2.45, 2.75) is 13.3 Å². The molecule has 0 aromatic heterocycles. The van der Waals surface area contributed by atoms with Crippen LogP contribution in [-0.4, -0.2) is 10.7 Å². The van der Waals surface area contributed by atoms with Crippen LogP contribution in [0.15, 0.2) is 30.3 Å². The van der Waals surface area contributed by atoms with Gasteiger partial charge in [0.2, 0.25) is 0 Å². The van der Waals surface area contributed by atoms with Gasteiger partial charge in [-0.25, -0.2) is 0 Å². The number of hydrogen-bond donors (Lipinski definition) is 0. The van der Waals surface area contributed by atoms with Crippen molar-refractivity contribution < 1.29 is 24.1 Å². The van der Waals surface area contributed by atoms with E-state index in [2.05, 4.69) is 24.3 Å². The average molecular weight is 332 g/mol. The van der Waals surface area contributed by atoms with E-state index < -0.39 is 0 Å². The first-order chi connectivity index (χ1) is 5.83. The Bertz CT molecular complexity index is 243. The van der Waals surface area contributed by atoms with Crippen LogP contribution in [0.1, 0.15) is 12.5 Å². The number of ether oxygens (including phenoxy) is 1. The molecule has 0 fully saturated rings. The van der Waals surface area contributed by atoms with Crippen LogP contribution in [0.25, 0.3) is 0 Å². The molecule has 0 saturated carbocycles. The summed E-state index contributed by atoms with van der Waals surface area (Å²) >= 11 is 1.43. The maximum absolute atomic E-state index is 5.40. The fourth-order valence-electron chi connectivity index (χ4n) is 0.975. The number of hydrogen-bond acceptors (Lipinski definition) is 1. The summed E-state index contributed by atoms with van der Waals surface area (Å²) < 4.78 is 6.57. The molecule has 0 unspecified atom stereocenters. The standard InChI is InChI=1S/C10H12O.W/c1-2-11-9-8-10-6-4-3-5-7-10;/h3-7H,2,8H2,1H3;. The zero-order chi connectivity index (χ0) is 8.81. The summed E-state index contributed by atoms with van der Waals surface area (Å²) in [6.07, 6.45) is 0.962. The topological polar surface area (TPSA) is 9.23 Å². The van der Waals surface area contributed by atoms with E-state index in [1.807, 2.05) is 13.0 Å². The molecule has 0 N–H and O–H groups in total. The summed E-state index contributed by atoms with van der Waals surface area (Å²) in [7, 11) is 0. The molecule has 1 rings (SSSR count). The van der Waals surface area contributed by atoms with Crippen LogP contribution in [0.4, 0.5) is 0 Å². The van der Waals surface area contributed by atoms with Gasteiger partial charge < -0.3 is 0 Å². The molecular formula is C10H12OW. The average Bonchev–Trinajstić information content (AvgIpc) is 2.06. The second-order valence-electron chi connectivity index (χ2n) is 2.47. The second kappa shape index (κ2) is 5.40. The Balaban J connectivity index is 2.47. The van der Waals surface area contributed by atoms with Crippen molar-refractivity contribution in [1.29, 1.82) is 0 Å². The van der Waals surface area contributed by atoms with E-state index in [1.165, 1.54) is 29.0 Å². The van der Waals surface area contributed by atoms with Gasteiger partial charge in [0.15, 0.2) is 0 Å². The van der Waals surface area contributed by atoms with E-state index in [-0.39, 0.29) is 0 Å². The zero-order valence-corrected chi connectivity index (χ0v) is 10.1. The predicted octanol–water partition coefficient (Wildman–Crippen LogP) is 1.94. The third kappa shape index (κ3) is 3.42. The zero-order valence-electron chi connectivity index (χ0n) is 7.12. The van der Waals surface area contributed by atoms with Gasteiger partial charge in [0.25, 0.3) is 0 Å². The molecule has 12 heavy (non-hydrogen) atoms. The summed E-state index contributed by atoms with van der Waals surface area (Å²) in [5.74, 6) is 0. The number of benzene rings is 1. The molecule has 1 aromatic carbocycles. The van der Waals surface area contributed by atoms with Gasteiger partial charge in [-0.2, -0.15) is 0 Å². The van der Waals surface area contributed by atoms with E-state index in [1.54, 1.807) is 0 Å². The SMILES string of the molecule is CCO[C](=[W])Cc1ccccc1. The first kappa shape index (κ1) is 9.82. The molecule has 1 nitrogen and oxygen atoms in total. The maximum atomic E-state index is 5.40. The summed E-state index contributed by atoms with van der Waals surface area (Å²) in [6.45, 7) is 2.81. The normalized spacial score (nSPS) is 9.75. The molecule has 0 radical (unpaired) electrons. The van der Waals surface area contributed by atoms with Gasteiger partial charge in [-0.05, 0) is 0 Å². The van der Waals surface area contributed by atoms with E-state index in [9.17, 15) is 0 Å². The molecule has 0 amide bonds. The summed E-state index contributed by atoms with van der Waals surface area (Å²) in [6, 6.07) is 10.4. The van der Waals surface area contributed by atoms with Gasteiger partial charge >= 0.3 is 84.0 Å². The molecular weight excluding hydrogens is 320 g/mol. The first-order valence-corrected chi connectivity index (χ1v) is 5.49. The van der Waals surface area contributed by atoms with Crippen LogP contribution in [0.3, 0.4) is 0 Å². The van der Waals surface area contributed by atoms with Crippen LogP contribution in [0.2, 0.25) is 0 Å². The van der Waals surface area contributed by atoms with Crippen molar-refractivity contribution in [3.63, 3.8) is 0 Å². The van der Waals surface area contributed by atoms with Gasteiger partial charge in [-0.1, -0.05) is 0 Å². The first-order valence-electron chi connectivity index (χ1n) is 4.02. The fraction of sp³-hybridized carbons (Fsp3) is 0.300. The van der Waals surface area contributed by atoms with Crippen molar-refractivity contribution in [1.82, 2.24) is 0 Å². The molecule has 0 atom stereocenters. The quantitative estimate of drug-likeness (QED) is 0.819. The van der Waals surface area contributed by atoms with Crippen LogP contribution in [0.5, 0.6) is 0 Å². The Morgan fingerprint density at radius 3 is 2.58 bits per heavy atom. The molecule has 0 aliphatic carbocycles. The third-order valence-corrected chi connectivity index (χ3v) is 2.44. The van der Waals surface area contributed by atoms with Crippen molar-refractivity contribution in [3.05, 3.63) is 35.9 Å². The molecule has 0 saturated heterocycles. The summed E-state index contributed by atoms with van der Waals surface area (Å²) in [5, 5.41) is 0. The monoisotopic (exact) mass is 332 g/mol. The second-order valence-corrected chi connectivity index (χ2v) is 4.10. The fourth-order valence-corrected chi connectivity index (χ4v) is 2.00. The molecule has 0 bridgehead atoms. The Labute approximate surface area is 84.2 Å². The van der Waals surface area contributed by atoms with Crippen molar-refractivity contribution in [3.8, 4) is 0 Å². The van der Waals surface area contributed by atoms with E-state index in [4.69, 9.17) is 4.74 Å². The van der Waals surface area contributed by atoms with Gasteiger partial charge in [0.1, 0.15) is 0 Å². The minimum atomic E-state index is 0.783. The van der Waals surface area contributed by atoms with Crippen molar-refractivity contribution in [2.75, 3.05) is 6.61 Å². The Morgan fingerprint density at radius 2 is 2.00 bits per heavy atom. The molecule has 2 heteroatoms. The van der Waals surface area contributed by atoms with E-state index in [0.29, 0.717) is 0 Å². The Hall–Kier alpha value is -0.262. The Kier molecular flexibility index (Phi) is 4.42. The predicted molar refractivity (Wildman–Crippen MR) is 46.8 cm³/mol. The molecule has 0 aliphatic rings. The molecule has 1 aromatic rings. The van der Waals surface area contributed by atoms with Gasteiger partial charge in [0, 0.05) is 0 Å². The molecule has 0 heterocycles. The molecule has 0 spiro atoms. The minimum absolute atomic E-state index is 0.783. The van der Waals surface area contributed by atoms with Gasteiger partial charge in [0.05, 0.1) is 0 Å². The van der Waals surface area contributed by atoms with Crippen molar-refractivity contribution in [2.24, 2.45) is 0 Å². The number of rotatable bonds is 4. The van der Waals surface area contributed by atoms with Crippen LogP contribution in [0, 0.1) is 0 Å². The van der Waals surface area contributed by atoms with Crippen LogP contribution < -0.4 is 0 Å². The van der Waals surface area contributed by atoms with Gasteiger partial charge in [-0.15, -0.1) is 0 Å². The van der Waals surface area contributed by atoms with Crippen LogP contribution in [-0.2, 0) is 30.5 Å². The van der Waals surface area contributed by atoms with Crippen molar-refractivity contribution >= 4 is 4.08 Å². The summed E-state index contributed by atoms with van der Waals surface area (Å²) in [4.78, 5) is 0. The van der Waals surface area contributed by atoms with E-state index in [0.717, 1.165) is 13.0 Å². The third-order valence-electron chi connectivity index (χ3n) is 1.50. The molecule has 0 aliphatic heterocycles. The summed E-state index contributed by atoms with van der Waals surface area (Å²) in [5.41, 5.74) is 1.33. The van der Waals surface area contributed by atoms with E-state index >= 15 is 0 Å². The van der Waals surface area contributed by atoms with Crippen LogP contribution >= 0.6 is 0 Å². The Morgan fingerprint density at radius 1 is 1.33 bits per heavy atom.